The Balaban J connectivity index is 1.50. The van der Waals surface area contributed by atoms with Crippen molar-refractivity contribution in [2.24, 2.45) is 11.8 Å². The number of amides is 2. The maximum absolute atomic E-state index is 13.5. The van der Waals surface area contributed by atoms with Crippen molar-refractivity contribution >= 4 is 11.8 Å². The highest BCUT2D eigenvalue weighted by atomic mass is 16.7. The lowest BCUT2D eigenvalue weighted by atomic mass is 9.88. The van der Waals surface area contributed by atoms with Crippen molar-refractivity contribution < 1.29 is 23.5 Å². The van der Waals surface area contributed by atoms with Crippen LogP contribution in [0.2, 0.25) is 0 Å². The summed E-state index contributed by atoms with van der Waals surface area (Å²) in [6, 6.07) is 9.39. The van der Waals surface area contributed by atoms with E-state index in [2.05, 4.69) is 13.8 Å². The summed E-state index contributed by atoms with van der Waals surface area (Å²) in [6.07, 6.45) is 6.84. The molecule has 1 aliphatic carbocycles. The molecule has 0 saturated heterocycles. The highest BCUT2D eigenvalue weighted by molar-refractivity contribution is 5.86. The maximum atomic E-state index is 13.5. The monoisotopic (exact) mass is 454 g/mol. The number of hydrogen-bond acceptors (Lipinski definition) is 5. The molecule has 2 amide bonds. The van der Waals surface area contributed by atoms with Crippen LogP contribution in [0, 0.1) is 11.8 Å². The number of carbonyl (C=O) groups is 2. The predicted octanol–water partition coefficient (Wildman–Crippen LogP) is 4.60. The third-order valence-corrected chi connectivity index (χ3v) is 6.27. The van der Waals surface area contributed by atoms with E-state index in [0.717, 1.165) is 31.2 Å². The molecule has 1 aliphatic heterocycles. The second-order valence-corrected chi connectivity index (χ2v) is 9.46. The zero-order valence-electron chi connectivity index (χ0n) is 19.6. The number of furan rings is 1. The average Bonchev–Trinajstić information content (AvgIpc) is 3.49. The van der Waals surface area contributed by atoms with Crippen LogP contribution in [0.1, 0.15) is 57.3 Å². The van der Waals surface area contributed by atoms with E-state index in [0.29, 0.717) is 36.9 Å². The van der Waals surface area contributed by atoms with E-state index in [1.54, 1.807) is 16.1 Å². The van der Waals surface area contributed by atoms with Crippen molar-refractivity contribution in [1.82, 2.24) is 9.80 Å². The summed E-state index contributed by atoms with van der Waals surface area (Å²) < 4.78 is 16.4. The van der Waals surface area contributed by atoms with Crippen LogP contribution in [0.15, 0.2) is 41.0 Å². The molecule has 0 spiro atoms. The van der Waals surface area contributed by atoms with Gasteiger partial charge in [-0.25, -0.2) is 0 Å². The van der Waals surface area contributed by atoms with Crippen molar-refractivity contribution in [2.45, 2.75) is 59.0 Å². The van der Waals surface area contributed by atoms with Gasteiger partial charge in [-0.1, -0.05) is 39.2 Å². The maximum Gasteiger partial charge on any atom is 0.242 e. The molecule has 0 unspecified atom stereocenters. The number of nitrogens with zero attached hydrogens (tertiary/aromatic N) is 2. The van der Waals surface area contributed by atoms with Crippen LogP contribution < -0.4 is 9.47 Å². The predicted molar refractivity (Wildman–Crippen MR) is 124 cm³/mol. The van der Waals surface area contributed by atoms with Gasteiger partial charge < -0.3 is 23.7 Å². The number of carbonyl (C=O) groups excluding carboxylic acids is 2. The highest BCUT2D eigenvalue weighted by Crippen LogP contribution is 2.33. The Morgan fingerprint density at radius 1 is 1.00 bits per heavy atom. The number of rotatable bonds is 9. The second kappa shape index (κ2) is 10.8. The molecular weight excluding hydrogens is 420 g/mol. The lowest BCUT2D eigenvalue weighted by Crippen LogP contribution is -2.46. The first kappa shape index (κ1) is 23.2. The van der Waals surface area contributed by atoms with E-state index < -0.39 is 0 Å². The summed E-state index contributed by atoms with van der Waals surface area (Å²) >= 11 is 0. The Bertz CT molecular complexity index is 934. The molecule has 0 N–H and O–H groups in total. The molecule has 2 heterocycles. The van der Waals surface area contributed by atoms with E-state index in [1.165, 1.54) is 6.42 Å². The summed E-state index contributed by atoms with van der Waals surface area (Å²) in [7, 11) is 0. The normalized spacial score (nSPS) is 15.6. The molecule has 2 aromatic rings. The molecule has 1 aromatic carbocycles. The highest BCUT2D eigenvalue weighted by Gasteiger charge is 2.29. The second-order valence-electron chi connectivity index (χ2n) is 9.46. The van der Waals surface area contributed by atoms with Gasteiger partial charge in [-0.05, 0) is 48.6 Å². The van der Waals surface area contributed by atoms with E-state index >= 15 is 0 Å². The van der Waals surface area contributed by atoms with Gasteiger partial charge in [0.25, 0.3) is 0 Å². The van der Waals surface area contributed by atoms with Gasteiger partial charge in [0, 0.05) is 19.0 Å². The van der Waals surface area contributed by atoms with E-state index in [4.69, 9.17) is 13.9 Å². The minimum atomic E-state index is -0.0890. The molecule has 7 nitrogen and oxygen atoms in total. The molecule has 0 bridgehead atoms. The van der Waals surface area contributed by atoms with Gasteiger partial charge in [0.15, 0.2) is 11.5 Å². The fourth-order valence-electron chi connectivity index (χ4n) is 4.63. The Morgan fingerprint density at radius 3 is 2.52 bits per heavy atom. The molecule has 33 heavy (non-hydrogen) atoms. The Kier molecular flexibility index (Phi) is 7.57. The van der Waals surface area contributed by atoms with E-state index in [1.807, 2.05) is 30.3 Å². The fourth-order valence-corrected chi connectivity index (χ4v) is 4.63. The van der Waals surface area contributed by atoms with Crippen LogP contribution in [-0.4, -0.2) is 41.5 Å². The topological polar surface area (TPSA) is 72.2 Å². The van der Waals surface area contributed by atoms with Crippen LogP contribution in [0.3, 0.4) is 0 Å². The smallest absolute Gasteiger partial charge is 0.242 e. The van der Waals surface area contributed by atoms with Crippen molar-refractivity contribution in [2.75, 3.05) is 19.9 Å². The Hall–Kier alpha value is -2.96. The van der Waals surface area contributed by atoms with Crippen LogP contribution in [0.5, 0.6) is 11.5 Å². The molecule has 178 valence electrons. The SMILES string of the molecule is CC(C)CN(CC(=O)N(Cc1ccc2c(c1)OCO2)Cc1ccco1)C(=O)C1CCCCC1. The van der Waals surface area contributed by atoms with Crippen LogP contribution >= 0.6 is 0 Å². The van der Waals surface area contributed by atoms with Gasteiger partial charge in [0.05, 0.1) is 19.4 Å². The van der Waals surface area contributed by atoms with Crippen molar-refractivity contribution in [1.29, 1.82) is 0 Å². The summed E-state index contributed by atoms with van der Waals surface area (Å²) in [5.41, 5.74) is 0.938. The van der Waals surface area contributed by atoms with Gasteiger partial charge in [0.2, 0.25) is 18.6 Å². The molecule has 4 rings (SSSR count). The molecular formula is C26H34N2O5. The molecule has 0 atom stereocenters. The van der Waals surface area contributed by atoms with Gasteiger partial charge in [0.1, 0.15) is 5.76 Å². The molecule has 1 fully saturated rings. The molecule has 1 saturated carbocycles. The summed E-state index contributed by atoms with van der Waals surface area (Å²) in [5, 5.41) is 0. The number of hydrogen-bond donors (Lipinski definition) is 0. The van der Waals surface area contributed by atoms with Crippen molar-refractivity contribution in [3.63, 3.8) is 0 Å². The van der Waals surface area contributed by atoms with Gasteiger partial charge >= 0.3 is 0 Å². The van der Waals surface area contributed by atoms with Crippen LogP contribution in [0.25, 0.3) is 0 Å². The zero-order valence-corrected chi connectivity index (χ0v) is 19.6. The minimum Gasteiger partial charge on any atom is -0.467 e. The lowest BCUT2D eigenvalue weighted by Gasteiger charge is -2.32. The third kappa shape index (κ3) is 6.09. The molecule has 7 heteroatoms. The molecule has 2 aliphatic rings. The van der Waals surface area contributed by atoms with E-state index in [9.17, 15) is 9.59 Å². The minimum absolute atomic E-state index is 0.0395. The van der Waals surface area contributed by atoms with Crippen molar-refractivity contribution in [3.05, 3.63) is 47.9 Å². The standard InChI is InChI=1S/C26H34N2O5/c1-19(2)14-28(26(30)21-7-4-3-5-8-21)17-25(29)27(16-22-9-6-12-31-22)15-20-10-11-23-24(13-20)33-18-32-23/h6,9-13,19,21H,3-5,7-8,14-18H2,1-2H3. The van der Waals surface area contributed by atoms with Crippen LogP contribution in [-0.2, 0) is 22.7 Å². The first-order chi connectivity index (χ1) is 16.0. The molecule has 0 radical (unpaired) electrons. The number of fused-ring (bicyclic) bond motifs is 1. The van der Waals surface area contributed by atoms with Gasteiger partial charge in [-0.3, -0.25) is 9.59 Å². The average molecular weight is 455 g/mol. The van der Waals surface area contributed by atoms with Crippen LogP contribution in [0.4, 0.5) is 0 Å². The Morgan fingerprint density at radius 2 is 1.79 bits per heavy atom. The van der Waals surface area contributed by atoms with Gasteiger partial charge in [-0.2, -0.15) is 0 Å². The van der Waals surface area contributed by atoms with E-state index in [-0.39, 0.29) is 37.0 Å². The third-order valence-electron chi connectivity index (χ3n) is 6.27. The largest absolute Gasteiger partial charge is 0.467 e. The molecule has 1 aromatic heterocycles. The van der Waals surface area contributed by atoms with Gasteiger partial charge in [-0.15, -0.1) is 0 Å². The number of benzene rings is 1. The quantitative estimate of drug-likeness (QED) is 0.554. The first-order valence-corrected chi connectivity index (χ1v) is 12.0. The Labute approximate surface area is 195 Å². The lowest BCUT2D eigenvalue weighted by molar-refractivity contribution is -0.144. The number of ether oxygens (including phenoxy) is 2. The summed E-state index contributed by atoms with van der Waals surface area (Å²) in [6.45, 7) is 5.77. The van der Waals surface area contributed by atoms with Crippen molar-refractivity contribution in [3.8, 4) is 11.5 Å². The summed E-state index contributed by atoms with van der Waals surface area (Å²) in [5.74, 6) is 2.47. The fraction of sp³-hybridized carbons (Fsp3) is 0.538. The summed E-state index contributed by atoms with van der Waals surface area (Å²) in [4.78, 5) is 30.3. The zero-order chi connectivity index (χ0) is 23.2. The first-order valence-electron chi connectivity index (χ1n) is 12.0.